The molecule has 5 nitrogen and oxygen atoms in total. The summed E-state index contributed by atoms with van der Waals surface area (Å²) in [5.41, 5.74) is 8.45. The van der Waals surface area contributed by atoms with Gasteiger partial charge in [-0.25, -0.2) is 9.13 Å². The molecular formula is C20H24Cl2N3O2+. The Morgan fingerprint density at radius 3 is 2.74 bits per heavy atom. The van der Waals surface area contributed by atoms with Crippen LogP contribution in [0.1, 0.15) is 19.8 Å². The lowest BCUT2D eigenvalue weighted by Crippen LogP contribution is -2.43. The molecule has 1 heterocycles. The van der Waals surface area contributed by atoms with Crippen molar-refractivity contribution in [3.05, 3.63) is 52.5 Å². The highest BCUT2D eigenvalue weighted by atomic mass is 35.5. The summed E-state index contributed by atoms with van der Waals surface area (Å²) >= 11 is 12.0. The molecule has 0 amide bonds. The molecule has 27 heavy (non-hydrogen) atoms. The largest absolute Gasteiger partial charge is 0.489 e. The number of para-hydroxylation sites is 2. The number of anilines is 1. The number of nitrogens with two attached hydrogens (primary N) is 1. The zero-order valence-electron chi connectivity index (χ0n) is 15.2. The first-order valence-electron chi connectivity index (χ1n) is 9.03. The first kappa shape index (κ1) is 19.8. The number of aryl methyl sites for hydroxylation is 1. The average molecular weight is 409 g/mol. The number of hydrogen-bond acceptors (Lipinski definition) is 3. The smallest absolute Gasteiger partial charge is 0.356 e. The van der Waals surface area contributed by atoms with Crippen LogP contribution < -0.4 is 15.0 Å². The number of unbranched alkanes of at least 4 members (excludes halogenated alkanes) is 1. The number of aromatic nitrogens is 2. The number of aliphatic hydroxyl groups is 1. The Kier molecular flexibility index (Phi) is 6.47. The van der Waals surface area contributed by atoms with Crippen LogP contribution in [0, 0.1) is 0 Å². The van der Waals surface area contributed by atoms with Gasteiger partial charge in [0, 0.05) is 5.02 Å². The molecular weight excluding hydrogens is 385 g/mol. The fourth-order valence-electron chi connectivity index (χ4n) is 3.10. The van der Waals surface area contributed by atoms with Gasteiger partial charge in [-0.15, -0.1) is 0 Å². The van der Waals surface area contributed by atoms with E-state index >= 15 is 0 Å². The van der Waals surface area contributed by atoms with Gasteiger partial charge in [0.05, 0.1) is 11.6 Å². The van der Waals surface area contributed by atoms with Gasteiger partial charge in [-0.05, 0) is 36.8 Å². The minimum Gasteiger partial charge on any atom is -0.489 e. The summed E-state index contributed by atoms with van der Waals surface area (Å²) in [4.78, 5) is 0. The number of ether oxygens (including phenoxy) is 1. The van der Waals surface area contributed by atoms with Gasteiger partial charge in [0.1, 0.15) is 36.0 Å². The number of rotatable bonds is 8. The minimum atomic E-state index is -0.741. The fraction of sp³-hybridized carbons (Fsp3) is 0.350. The number of fused-ring (bicyclic) bond motifs is 1. The summed E-state index contributed by atoms with van der Waals surface area (Å²) in [7, 11) is 0. The highest BCUT2D eigenvalue weighted by Gasteiger charge is 2.22. The van der Waals surface area contributed by atoms with Crippen molar-refractivity contribution in [2.45, 2.75) is 39.0 Å². The molecule has 0 spiro atoms. The summed E-state index contributed by atoms with van der Waals surface area (Å²) in [6.45, 7) is 3.43. The molecule has 2 aromatic carbocycles. The lowest BCUT2D eigenvalue weighted by molar-refractivity contribution is -0.665. The predicted molar refractivity (Wildman–Crippen MR) is 109 cm³/mol. The Hall–Kier alpha value is -1.95. The molecule has 0 fully saturated rings. The van der Waals surface area contributed by atoms with Gasteiger partial charge in [-0.1, -0.05) is 48.7 Å². The lowest BCUT2D eigenvalue weighted by Gasteiger charge is -2.13. The second-order valence-electron chi connectivity index (χ2n) is 6.50. The molecule has 3 N–H and O–H groups in total. The van der Waals surface area contributed by atoms with Gasteiger partial charge in [-0.3, -0.25) is 5.73 Å². The molecule has 144 valence electrons. The van der Waals surface area contributed by atoms with Crippen molar-refractivity contribution in [3.63, 3.8) is 0 Å². The monoisotopic (exact) mass is 408 g/mol. The minimum absolute atomic E-state index is 0.0995. The van der Waals surface area contributed by atoms with Gasteiger partial charge in [-0.2, -0.15) is 0 Å². The zero-order chi connectivity index (χ0) is 19.4. The van der Waals surface area contributed by atoms with Crippen LogP contribution in [0.2, 0.25) is 10.0 Å². The molecule has 0 saturated carbocycles. The topological polar surface area (TPSA) is 64.3 Å². The van der Waals surface area contributed by atoms with Crippen LogP contribution in [0.5, 0.6) is 5.75 Å². The third kappa shape index (κ3) is 4.49. The van der Waals surface area contributed by atoms with Crippen LogP contribution in [0.25, 0.3) is 11.0 Å². The maximum Gasteiger partial charge on any atom is 0.356 e. The van der Waals surface area contributed by atoms with Crippen LogP contribution in [-0.4, -0.2) is 22.4 Å². The van der Waals surface area contributed by atoms with Crippen molar-refractivity contribution in [1.29, 1.82) is 0 Å². The second kappa shape index (κ2) is 8.83. The Morgan fingerprint density at radius 1 is 1.22 bits per heavy atom. The molecule has 0 aliphatic heterocycles. The first-order chi connectivity index (χ1) is 13.0. The number of nitrogen functional groups attached to an aromatic ring is 1. The van der Waals surface area contributed by atoms with E-state index in [1.54, 1.807) is 18.2 Å². The number of hydrogen-bond donors (Lipinski definition) is 2. The number of halogens is 2. The van der Waals surface area contributed by atoms with E-state index in [0.717, 1.165) is 30.4 Å². The van der Waals surface area contributed by atoms with Gasteiger partial charge < -0.3 is 9.84 Å². The van der Waals surface area contributed by atoms with Crippen molar-refractivity contribution in [2.75, 3.05) is 12.3 Å². The Labute approximate surface area is 168 Å². The number of imidazole rings is 1. The summed E-state index contributed by atoms with van der Waals surface area (Å²) in [6.07, 6.45) is 1.39. The molecule has 7 heteroatoms. The van der Waals surface area contributed by atoms with E-state index in [0.29, 0.717) is 28.3 Å². The second-order valence-corrected chi connectivity index (χ2v) is 7.35. The standard InChI is InChI=1S/C20H23Cl2N3O2/c1-2-3-10-24-17-6-4-5-7-18(17)25(20(24)23)12-15(26)13-27-19-9-8-14(21)11-16(19)22/h4-9,11,15,23,26H,2-3,10,12-13H2,1H3/p+1/t15-/m0/s1. The zero-order valence-corrected chi connectivity index (χ0v) is 16.7. The van der Waals surface area contributed by atoms with Gasteiger partial charge >= 0.3 is 5.95 Å². The quantitative estimate of drug-likeness (QED) is 0.552. The Balaban J connectivity index is 1.76. The van der Waals surface area contributed by atoms with Crippen molar-refractivity contribution >= 4 is 40.2 Å². The molecule has 0 bridgehead atoms. The molecule has 0 aliphatic rings. The van der Waals surface area contributed by atoms with E-state index in [2.05, 4.69) is 11.5 Å². The number of aliphatic hydroxyl groups excluding tert-OH is 1. The highest BCUT2D eigenvalue weighted by Crippen LogP contribution is 2.27. The SMILES string of the molecule is CCCCn1c(N)[n+](C[C@H](O)COc2ccc(Cl)cc2Cl)c2ccccc21. The molecule has 0 aliphatic carbocycles. The molecule has 0 radical (unpaired) electrons. The molecule has 3 aromatic rings. The van der Waals surface area contributed by atoms with E-state index in [-0.39, 0.29) is 6.61 Å². The highest BCUT2D eigenvalue weighted by molar-refractivity contribution is 6.35. The average Bonchev–Trinajstić information content (AvgIpc) is 2.91. The third-order valence-electron chi connectivity index (χ3n) is 4.47. The molecule has 3 rings (SSSR count). The molecule has 1 atom stereocenters. The van der Waals surface area contributed by atoms with Crippen molar-refractivity contribution in [2.24, 2.45) is 0 Å². The molecule has 0 saturated heterocycles. The van der Waals surface area contributed by atoms with Crippen LogP contribution in [-0.2, 0) is 13.1 Å². The van der Waals surface area contributed by atoms with Crippen LogP contribution in [0.3, 0.4) is 0 Å². The van der Waals surface area contributed by atoms with E-state index in [1.807, 2.05) is 28.8 Å². The number of benzene rings is 2. The van der Waals surface area contributed by atoms with Crippen LogP contribution in [0.4, 0.5) is 5.95 Å². The predicted octanol–water partition coefficient (Wildman–Crippen LogP) is 4.06. The molecule has 1 aromatic heterocycles. The third-order valence-corrected chi connectivity index (χ3v) is 5.00. The fourth-order valence-corrected chi connectivity index (χ4v) is 3.56. The van der Waals surface area contributed by atoms with Gasteiger partial charge in [0.2, 0.25) is 0 Å². The van der Waals surface area contributed by atoms with Crippen molar-refractivity contribution < 1.29 is 14.4 Å². The van der Waals surface area contributed by atoms with Crippen molar-refractivity contribution in [1.82, 2.24) is 4.57 Å². The first-order valence-corrected chi connectivity index (χ1v) is 9.79. The van der Waals surface area contributed by atoms with E-state index < -0.39 is 6.10 Å². The van der Waals surface area contributed by atoms with Gasteiger partial charge in [0.15, 0.2) is 0 Å². The normalized spacial score (nSPS) is 12.4. The summed E-state index contributed by atoms with van der Waals surface area (Å²) in [5, 5.41) is 11.5. The van der Waals surface area contributed by atoms with Crippen LogP contribution in [0.15, 0.2) is 42.5 Å². The Bertz CT molecular complexity index is 927. The van der Waals surface area contributed by atoms with Crippen LogP contribution >= 0.6 is 23.2 Å². The number of nitrogens with zero attached hydrogens (tertiary/aromatic N) is 2. The van der Waals surface area contributed by atoms with E-state index in [4.69, 9.17) is 33.7 Å². The van der Waals surface area contributed by atoms with E-state index in [9.17, 15) is 5.11 Å². The summed E-state index contributed by atoms with van der Waals surface area (Å²) < 4.78 is 9.68. The summed E-state index contributed by atoms with van der Waals surface area (Å²) in [5.74, 6) is 1.12. The Morgan fingerprint density at radius 2 is 2.00 bits per heavy atom. The van der Waals surface area contributed by atoms with Crippen molar-refractivity contribution in [3.8, 4) is 5.75 Å². The van der Waals surface area contributed by atoms with E-state index in [1.165, 1.54) is 0 Å². The molecule has 0 unspecified atom stereocenters. The van der Waals surface area contributed by atoms with Gasteiger partial charge in [0.25, 0.3) is 0 Å². The maximum atomic E-state index is 10.5. The summed E-state index contributed by atoms with van der Waals surface area (Å²) in [6, 6.07) is 13.0. The lowest BCUT2D eigenvalue weighted by atomic mass is 10.3. The maximum absolute atomic E-state index is 10.5.